The summed E-state index contributed by atoms with van der Waals surface area (Å²) in [6, 6.07) is -1.04. The predicted molar refractivity (Wildman–Crippen MR) is 182 cm³/mol. The molecule has 2 amide bonds. The molecule has 54 heavy (non-hydrogen) atoms. The molecule has 1 saturated heterocycles. The van der Waals surface area contributed by atoms with Crippen molar-refractivity contribution in [2.45, 2.75) is 57.0 Å². The molecule has 3 heterocycles. The van der Waals surface area contributed by atoms with E-state index in [1.165, 1.54) is 13.8 Å². The van der Waals surface area contributed by atoms with E-state index in [4.69, 9.17) is 30.4 Å². The van der Waals surface area contributed by atoms with E-state index in [0.717, 1.165) is 29.0 Å². The van der Waals surface area contributed by atoms with Gasteiger partial charge in [-0.05, 0) is 0 Å². The molecule has 3 rings (SSSR count). The summed E-state index contributed by atoms with van der Waals surface area (Å²) in [5.74, 6) is -1.38. The monoisotopic (exact) mass is 854 g/mol. The first-order chi connectivity index (χ1) is 25.0. The van der Waals surface area contributed by atoms with Crippen LogP contribution in [0.3, 0.4) is 0 Å². The number of nitrogens with two attached hydrogens (primary N) is 2. The number of rotatable bonds is 21. The number of hydrogen-bond donors (Lipinski definition) is 11. The van der Waals surface area contributed by atoms with Gasteiger partial charge in [-0.3, -0.25) is 32.5 Å². The average Bonchev–Trinajstić information content (AvgIpc) is 3.64. The highest BCUT2D eigenvalue weighted by atomic mass is 32.2. The zero-order valence-corrected chi connectivity index (χ0v) is 31.9. The van der Waals surface area contributed by atoms with E-state index in [9.17, 15) is 57.9 Å². The molecule has 0 saturated carbocycles. The van der Waals surface area contributed by atoms with Crippen LogP contribution in [-0.2, 0) is 50.7 Å². The van der Waals surface area contributed by atoms with Crippen LogP contribution < -0.4 is 22.1 Å². The highest BCUT2D eigenvalue weighted by molar-refractivity contribution is 8.13. The van der Waals surface area contributed by atoms with E-state index in [2.05, 4.69) is 34.4 Å². The number of carbonyl (C=O) groups is 3. The number of imidazole rings is 1. The lowest BCUT2D eigenvalue weighted by molar-refractivity contribution is -0.137. The van der Waals surface area contributed by atoms with Crippen LogP contribution in [-0.4, -0.2) is 140 Å². The summed E-state index contributed by atoms with van der Waals surface area (Å²) in [4.78, 5) is 86.8. The van der Waals surface area contributed by atoms with Crippen molar-refractivity contribution in [1.29, 1.82) is 0 Å². The molecule has 26 nitrogen and oxygen atoms in total. The van der Waals surface area contributed by atoms with Crippen LogP contribution in [0.15, 0.2) is 12.7 Å². The quantitative estimate of drug-likeness (QED) is 0.0440. The largest absolute Gasteiger partial charge is 0.481 e. The van der Waals surface area contributed by atoms with Gasteiger partial charge in [0.05, 0.1) is 32.2 Å². The molecule has 30 heteroatoms. The lowest BCUT2D eigenvalue weighted by atomic mass is 9.87. The number of fused-ring (bicyclic) bond motifs is 1. The van der Waals surface area contributed by atoms with Gasteiger partial charge in [0.1, 0.15) is 36.3 Å². The highest BCUT2D eigenvalue weighted by Gasteiger charge is 2.50. The van der Waals surface area contributed by atoms with E-state index >= 15 is 0 Å². The molecule has 0 spiro atoms. The summed E-state index contributed by atoms with van der Waals surface area (Å²) in [6.07, 6.45) is -7.04. The fourth-order valence-corrected chi connectivity index (χ4v) is 7.99. The van der Waals surface area contributed by atoms with Crippen molar-refractivity contribution in [2.75, 3.05) is 44.4 Å². The zero-order chi connectivity index (χ0) is 40.6. The summed E-state index contributed by atoms with van der Waals surface area (Å²) in [6.45, 7) is -0.265. The molecule has 8 atom stereocenters. The summed E-state index contributed by atoms with van der Waals surface area (Å²) >= 11 is 0.818. The second kappa shape index (κ2) is 19.1. The minimum Gasteiger partial charge on any atom is -0.394 e. The number of nitrogen functional groups attached to an aromatic ring is 1. The smallest absolute Gasteiger partial charge is 0.394 e. The molecule has 0 bridgehead atoms. The number of phosphoric acid groups is 3. The van der Waals surface area contributed by atoms with Gasteiger partial charge in [-0.2, -0.15) is 4.31 Å². The van der Waals surface area contributed by atoms with Gasteiger partial charge in [0.2, 0.25) is 16.9 Å². The molecule has 0 aromatic carbocycles. The van der Waals surface area contributed by atoms with Crippen molar-refractivity contribution in [3.05, 3.63) is 12.7 Å². The molecule has 2 aromatic heterocycles. The Balaban J connectivity index is 1.51. The number of nitrogens with zero attached hydrogens (tertiary/aromatic N) is 4. The van der Waals surface area contributed by atoms with Crippen molar-refractivity contribution < 1.29 is 85.6 Å². The van der Waals surface area contributed by atoms with E-state index in [-0.39, 0.29) is 42.2 Å². The maximum absolute atomic E-state index is 12.6. The topological polar surface area (TPSA) is 410 Å². The lowest BCUT2D eigenvalue weighted by Gasteiger charge is -2.30. The third kappa shape index (κ3) is 13.3. The van der Waals surface area contributed by atoms with Crippen molar-refractivity contribution in [2.24, 2.45) is 11.1 Å². The van der Waals surface area contributed by atoms with Crippen LogP contribution in [0.4, 0.5) is 5.82 Å². The van der Waals surface area contributed by atoms with E-state index in [1.54, 1.807) is 0 Å². The normalized spacial score (nSPS) is 22.6. The first-order valence-corrected chi connectivity index (χ1v) is 20.9. The highest BCUT2D eigenvalue weighted by Crippen LogP contribution is 2.61. The summed E-state index contributed by atoms with van der Waals surface area (Å²) in [7, 11) is -16.4. The van der Waals surface area contributed by atoms with Crippen LogP contribution in [0.1, 0.15) is 26.5 Å². The minimum absolute atomic E-state index is 0.0229. The first kappa shape index (κ1) is 45.9. The molecule has 2 unspecified atom stereocenters. The average molecular weight is 855 g/mol. The third-order valence-electron chi connectivity index (χ3n) is 7.25. The Labute approximate surface area is 309 Å². The second-order valence-corrected chi connectivity index (χ2v) is 17.4. The molecule has 13 N–H and O–H groups in total. The number of ether oxygens (including phenoxy) is 1. The van der Waals surface area contributed by atoms with Crippen LogP contribution in [0.2, 0.25) is 0 Å². The Bertz CT molecular complexity index is 1780. The van der Waals surface area contributed by atoms with Crippen LogP contribution in [0.25, 0.3) is 11.2 Å². The van der Waals surface area contributed by atoms with Crippen molar-refractivity contribution in [3.8, 4) is 0 Å². The number of thioether (sulfide) groups is 1. The van der Waals surface area contributed by atoms with Gasteiger partial charge in [0.25, 0.3) is 0 Å². The molecule has 1 fully saturated rings. The van der Waals surface area contributed by atoms with Gasteiger partial charge in [0, 0.05) is 30.7 Å². The fraction of sp³-hybridized carbons (Fsp3) is 0.667. The van der Waals surface area contributed by atoms with Crippen molar-refractivity contribution in [1.82, 2.24) is 30.2 Å². The van der Waals surface area contributed by atoms with Crippen molar-refractivity contribution >= 4 is 69.1 Å². The van der Waals surface area contributed by atoms with Crippen molar-refractivity contribution in [3.63, 3.8) is 0 Å². The zero-order valence-electron chi connectivity index (χ0n) is 28.4. The number of nitrogens with one attached hydrogen (secondary N) is 2. The number of aliphatic hydroxyl groups excluding tert-OH is 3. The van der Waals surface area contributed by atoms with E-state index in [1.807, 2.05) is 0 Å². The number of amides is 2. The maximum atomic E-state index is 12.6. The van der Waals surface area contributed by atoms with Gasteiger partial charge < -0.3 is 61.7 Å². The molecular weight excluding hydrogens is 813 g/mol. The summed E-state index contributed by atoms with van der Waals surface area (Å²) < 4.78 is 61.9. The summed E-state index contributed by atoms with van der Waals surface area (Å²) in [5, 5.41) is 34.5. The molecular formula is C24H41N8O18P3S. The van der Waals surface area contributed by atoms with Crippen LogP contribution in [0, 0.1) is 5.41 Å². The van der Waals surface area contributed by atoms with Crippen LogP contribution in [0.5, 0.6) is 0 Å². The Morgan fingerprint density at radius 2 is 1.74 bits per heavy atom. The minimum atomic E-state index is -5.58. The number of anilines is 1. The number of carbonyl (C=O) groups excluding carboxylic acids is 3. The first-order valence-electron chi connectivity index (χ1n) is 15.4. The number of aromatic nitrogens is 4. The van der Waals surface area contributed by atoms with E-state index < -0.39 is 102 Å². The second-order valence-electron chi connectivity index (χ2n) is 12.0. The molecule has 1 aliphatic rings. The van der Waals surface area contributed by atoms with E-state index in [0.29, 0.717) is 0 Å². The fourth-order valence-electron chi connectivity index (χ4n) is 4.46. The SMILES string of the molecule is CC(C)(COP(=O)(O)OP(=O)(O)OC[C@H]1O[C@@H](n2cnc3c(N)ncnc32)[C@H](O)[C@@H]1OP(=O)(O)O)[C@@H](O)C(=O)NCCC(=O)NCCSC(=O)[C@@H](N)CO. The summed E-state index contributed by atoms with van der Waals surface area (Å²) in [5.41, 5.74) is 9.59. The van der Waals surface area contributed by atoms with Crippen LogP contribution >= 0.6 is 35.2 Å². The third-order valence-corrected chi connectivity index (χ3v) is 11.3. The van der Waals surface area contributed by atoms with Gasteiger partial charge in [-0.1, -0.05) is 25.6 Å². The molecule has 2 aromatic rings. The Morgan fingerprint density at radius 1 is 1.07 bits per heavy atom. The number of phosphoric ester groups is 3. The maximum Gasteiger partial charge on any atom is 0.481 e. The van der Waals surface area contributed by atoms with Gasteiger partial charge in [-0.15, -0.1) is 0 Å². The molecule has 306 valence electrons. The number of aliphatic hydroxyl groups is 3. The van der Waals surface area contributed by atoms with Gasteiger partial charge in [-0.25, -0.2) is 28.6 Å². The Morgan fingerprint density at radius 3 is 2.39 bits per heavy atom. The molecule has 0 aliphatic carbocycles. The van der Waals surface area contributed by atoms with Gasteiger partial charge in [0.15, 0.2) is 17.7 Å². The number of hydrogen-bond acceptors (Lipinski definition) is 20. The lowest BCUT2D eigenvalue weighted by Crippen LogP contribution is -2.46. The predicted octanol–water partition coefficient (Wildman–Crippen LogP) is -3.02. The standard InChI is InChI=1S/C24H41N8O18P3S/c1-24(2,18(36)21(37)28-4-3-14(34)27-5-6-54-23(38)12(25)7-33)9-47-53(44,45)50-52(42,43)46-8-13-17(49-51(39,40)41)16(35)22(48-13)32-11-31-15-19(26)29-10-30-20(15)32/h10-13,16-18,22,33,35-36H,3-9,25H2,1-2H3,(H,27,34)(H,28,37)(H,42,43)(H,44,45)(H2,26,29,30)(H2,39,40,41)/t12-,13+,16+,17+,18-,22+/m0/s1. The van der Waals surface area contributed by atoms with Gasteiger partial charge >= 0.3 is 23.5 Å². The molecule has 1 aliphatic heterocycles. The molecule has 0 radical (unpaired) electrons. The Kier molecular flexibility index (Phi) is 16.2. The Hall–Kier alpha value is -2.52.